The van der Waals surface area contributed by atoms with Crippen LogP contribution in [-0.4, -0.2) is 15.7 Å². The van der Waals surface area contributed by atoms with Crippen molar-refractivity contribution in [1.29, 1.82) is 0 Å². The van der Waals surface area contributed by atoms with E-state index in [0.717, 1.165) is 11.3 Å². The van der Waals surface area contributed by atoms with Gasteiger partial charge in [-0.2, -0.15) is 5.10 Å². The molecule has 1 aromatic carbocycles. The molecule has 0 saturated heterocycles. The monoisotopic (exact) mass is 242 g/mol. The van der Waals surface area contributed by atoms with Crippen molar-refractivity contribution >= 4 is 11.6 Å². The highest BCUT2D eigenvalue weighted by Gasteiger charge is 2.05. The molecular formula is C13H14N4O. The first kappa shape index (κ1) is 11.9. The largest absolute Gasteiger partial charge is 0.395 e. The van der Waals surface area contributed by atoms with Gasteiger partial charge in [-0.3, -0.25) is 9.48 Å². The number of nitrogens with one attached hydrogen (secondary N) is 1. The number of aromatic nitrogens is 2. The van der Waals surface area contributed by atoms with E-state index >= 15 is 0 Å². The van der Waals surface area contributed by atoms with E-state index in [2.05, 4.69) is 17.0 Å². The molecule has 0 aliphatic rings. The first-order valence-corrected chi connectivity index (χ1v) is 5.42. The fraction of sp³-hybridized carbons (Fsp3) is 0.0769. The molecule has 92 valence electrons. The molecule has 0 aliphatic carbocycles. The van der Waals surface area contributed by atoms with E-state index in [1.54, 1.807) is 10.9 Å². The van der Waals surface area contributed by atoms with Gasteiger partial charge in [-0.15, -0.1) is 0 Å². The van der Waals surface area contributed by atoms with E-state index in [9.17, 15) is 4.79 Å². The van der Waals surface area contributed by atoms with Gasteiger partial charge in [0.05, 0.1) is 11.4 Å². The third kappa shape index (κ3) is 2.40. The molecule has 3 N–H and O–H groups in total. The lowest BCUT2D eigenvalue weighted by Crippen LogP contribution is -2.18. The number of hydrogen-bond donors (Lipinski definition) is 2. The van der Waals surface area contributed by atoms with Gasteiger partial charge in [0.15, 0.2) is 0 Å². The molecule has 18 heavy (non-hydrogen) atoms. The number of aryl methyl sites for hydroxylation is 1. The molecule has 0 atom stereocenters. The third-order valence-electron chi connectivity index (χ3n) is 2.55. The number of carbonyl (C=O) groups is 1. The summed E-state index contributed by atoms with van der Waals surface area (Å²) in [7, 11) is 1.88. The summed E-state index contributed by atoms with van der Waals surface area (Å²) in [4.78, 5) is 11.3. The van der Waals surface area contributed by atoms with Gasteiger partial charge in [0.1, 0.15) is 0 Å². The third-order valence-corrected chi connectivity index (χ3v) is 2.55. The number of nitrogens with zero attached hydrogens (tertiary/aromatic N) is 2. The average molecular weight is 242 g/mol. The van der Waals surface area contributed by atoms with E-state index in [1.807, 2.05) is 37.4 Å². The Morgan fingerprint density at radius 3 is 2.50 bits per heavy atom. The number of rotatable bonds is 3. The summed E-state index contributed by atoms with van der Waals surface area (Å²) in [5.74, 6) is -0.386. The van der Waals surface area contributed by atoms with Crippen LogP contribution in [0.3, 0.4) is 0 Å². The summed E-state index contributed by atoms with van der Waals surface area (Å²) < 4.78 is 1.79. The summed E-state index contributed by atoms with van der Waals surface area (Å²) in [5.41, 5.74) is 8.00. The van der Waals surface area contributed by atoms with Crippen LogP contribution in [0.2, 0.25) is 0 Å². The van der Waals surface area contributed by atoms with Crippen LogP contribution in [-0.2, 0) is 11.8 Å². The maximum atomic E-state index is 11.3. The first-order valence-electron chi connectivity index (χ1n) is 5.42. The lowest BCUT2D eigenvalue weighted by Gasteiger charge is -2.06. The second-order valence-electron chi connectivity index (χ2n) is 3.90. The molecule has 0 fully saturated rings. The molecule has 0 aliphatic heterocycles. The van der Waals surface area contributed by atoms with Crippen LogP contribution < -0.4 is 11.1 Å². The first-order chi connectivity index (χ1) is 8.58. The Morgan fingerprint density at radius 2 is 2.00 bits per heavy atom. The second kappa shape index (κ2) is 4.75. The minimum atomic E-state index is -0.386. The Kier molecular flexibility index (Phi) is 3.14. The highest BCUT2D eigenvalue weighted by atomic mass is 16.1. The number of hydrogen-bond acceptors (Lipinski definition) is 3. The van der Waals surface area contributed by atoms with Crippen LogP contribution in [0.5, 0.6) is 0 Å². The van der Waals surface area contributed by atoms with Crippen LogP contribution in [0, 0.1) is 0 Å². The molecule has 5 nitrogen and oxygen atoms in total. The van der Waals surface area contributed by atoms with E-state index in [1.165, 1.54) is 0 Å². The van der Waals surface area contributed by atoms with E-state index in [-0.39, 0.29) is 11.6 Å². The lowest BCUT2D eigenvalue weighted by molar-refractivity contribution is -0.112. The zero-order valence-electron chi connectivity index (χ0n) is 10.1. The number of amides is 1. The Bertz CT molecular complexity index is 583. The van der Waals surface area contributed by atoms with Gasteiger partial charge >= 0.3 is 0 Å². The molecule has 0 radical (unpaired) electrons. The average Bonchev–Trinajstić information content (AvgIpc) is 2.76. The normalized spacial score (nSPS) is 10.1. The van der Waals surface area contributed by atoms with Crippen LogP contribution in [0.1, 0.15) is 0 Å². The summed E-state index contributed by atoms with van der Waals surface area (Å²) in [6.45, 7) is 3.38. The van der Waals surface area contributed by atoms with Gasteiger partial charge < -0.3 is 11.1 Å². The molecule has 0 spiro atoms. The number of anilines is 1. The van der Waals surface area contributed by atoms with Gasteiger partial charge in [0.2, 0.25) is 0 Å². The van der Waals surface area contributed by atoms with Crippen LogP contribution >= 0.6 is 0 Å². The minimum Gasteiger partial charge on any atom is -0.395 e. The summed E-state index contributed by atoms with van der Waals surface area (Å²) in [6, 6.07) is 9.36. The van der Waals surface area contributed by atoms with Gasteiger partial charge in [-0.25, -0.2) is 0 Å². The van der Waals surface area contributed by atoms with Crippen LogP contribution in [0.15, 0.2) is 48.8 Å². The van der Waals surface area contributed by atoms with Crippen molar-refractivity contribution in [3.05, 3.63) is 48.8 Å². The smallest absolute Gasteiger partial charge is 0.270 e. The highest BCUT2D eigenvalue weighted by Crippen LogP contribution is 2.20. The number of benzene rings is 1. The maximum absolute atomic E-state index is 11.3. The van der Waals surface area contributed by atoms with Crippen molar-refractivity contribution in [1.82, 2.24) is 9.78 Å². The summed E-state index contributed by atoms with van der Waals surface area (Å²) in [5, 5.41) is 6.75. The van der Waals surface area contributed by atoms with Crippen molar-refractivity contribution in [2.24, 2.45) is 12.8 Å². The Morgan fingerprint density at radius 1 is 1.33 bits per heavy atom. The Labute approximate surface area is 105 Å². The highest BCUT2D eigenvalue weighted by molar-refractivity contribution is 6.02. The Balaban J connectivity index is 2.18. The zero-order valence-corrected chi connectivity index (χ0v) is 10.1. The molecule has 1 heterocycles. The fourth-order valence-corrected chi connectivity index (χ4v) is 1.59. The van der Waals surface area contributed by atoms with Crippen LogP contribution in [0.4, 0.5) is 5.69 Å². The Hall–Kier alpha value is -2.56. The minimum absolute atomic E-state index is 0.00860. The van der Waals surface area contributed by atoms with Crippen molar-refractivity contribution in [2.75, 3.05) is 5.32 Å². The molecule has 0 bridgehead atoms. The topological polar surface area (TPSA) is 72.9 Å². The van der Waals surface area contributed by atoms with E-state index in [0.29, 0.717) is 5.69 Å². The maximum Gasteiger partial charge on any atom is 0.270 e. The van der Waals surface area contributed by atoms with E-state index in [4.69, 9.17) is 5.73 Å². The number of carbonyl (C=O) groups excluding carboxylic acids is 1. The predicted molar refractivity (Wildman–Crippen MR) is 70.6 cm³/mol. The second-order valence-corrected chi connectivity index (χ2v) is 3.90. The quantitative estimate of drug-likeness (QED) is 0.801. The van der Waals surface area contributed by atoms with Crippen LogP contribution in [0.25, 0.3) is 11.3 Å². The van der Waals surface area contributed by atoms with Gasteiger partial charge in [0, 0.05) is 18.9 Å². The SMILES string of the molecule is C=C(N)C(=O)Nc1ccc(-c2ccnn2C)cc1. The van der Waals surface area contributed by atoms with Crippen molar-refractivity contribution < 1.29 is 4.79 Å². The van der Waals surface area contributed by atoms with Gasteiger partial charge in [0.25, 0.3) is 5.91 Å². The van der Waals surface area contributed by atoms with Gasteiger partial charge in [-0.05, 0) is 23.8 Å². The fourth-order valence-electron chi connectivity index (χ4n) is 1.59. The molecule has 2 rings (SSSR count). The molecule has 0 saturated carbocycles. The van der Waals surface area contributed by atoms with Crippen molar-refractivity contribution in [3.63, 3.8) is 0 Å². The zero-order chi connectivity index (χ0) is 13.1. The van der Waals surface area contributed by atoms with Gasteiger partial charge in [-0.1, -0.05) is 18.7 Å². The molecule has 1 aromatic heterocycles. The van der Waals surface area contributed by atoms with Crippen molar-refractivity contribution in [2.45, 2.75) is 0 Å². The van der Waals surface area contributed by atoms with Crippen molar-refractivity contribution in [3.8, 4) is 11.3 Å². The predicted octanol–water partition coefficient (Wildman–Crippen LogP) is 1.50. The summed E-state index contributed by atoms with van der Waals surface area (Å²) >= 11 is 0. The molecular weight excluding hydrogens is 228 g/mol. The standard InChI is InChI=1S/C13H14N4O/c1-9(14)13(18)16-11-5-3-10(4-6-11)12-7-8-15-17(12)2/h3-8H,1,14H2,2H3,(H,16,18). The molecule has 5 heteroatoms. The van der Waals surface area contributed by atoms with E-state index < -0.39 is 0 Å². The molecule has 2 aromatic rings. The number of nitrogens with two attached hydrogens (primary N) is 1. The molecule has 0 unspecified atom stereocenters. The summed E-state index contributed by atoms with van der Waals surface area (Å²) in [6.07, 6.45) is 1.74. The lowest BCUT2D eigenvalue weighted by atomic mass is 10.1. The molecule has 1 amide bonds.